The van der Waals surface area contributed by atoms with Crippen LogP contribution in [0.5, 0.6) is 0 Å². The maximum absolute atomic E-state index is 12.7. The Labute approximate surface area is 191 Å². The number of nitrogens with zero attached hydrogens (tertiary/aromatic N) is 4. The molecule has 9 nitrogen and oxygen atoms in total. The molecule has 0 aliphatic carbocycles. The molecule has 4 rings (SSSR count). The Morgan fingerprint density at radius 1 is 0.909 bits per heavy atom. The molecule has 0 aliphatic heterocycles. The minimum atomic E-state index is -3.83. The fourth-order valence-electron chi connectivity index (χ4n) is 3.23. The quantitative estimate of drug-likeness (QED) is 0.398. The Bertz CT molecular complexity index is 1410. The summed E-state index contributed by atoms with van der Waals surface area (Å²) >= 11 is 0. The van der Waals surface area contributed by atoms with Gasteiger partial charge in [-0.2, -0.15) is 5.10 Å². The van der Waals surface area contributed by atoms with E-state index in [2.05, 4.69) is 25.3 Å². The zero-order valence-corrected chi connectivity index (χ0v) is 19.1. The van der Waals surface area contributed by atoms with E-state index in [4.69, 9.17) is 0 Å². The van der Waals surface area contributed by atoms with E-state index in [9.17, 15) is 13.2 Å². The van der Waals surface area contributed by atoms with Crippen molar-refractivity contribution in [3.8, 4) is 5.82 Å². The number of Topliss-reactive ketones (excluding diaryl/α,β-unsaturated/α-hetero) is 1. The summed E-state index contributed by atoms with van der Waals surface area (Å²) in [7, 11) is -3.83. The third-order valence-electron chi connectivity index (χ3n) is 4.84. The number of hydrogen-bond acceptors (Lipinski definition) is 7. The molecule has 2 aromatic carbocycles. The van der Waals surface area contributed by atoms with E-state index in [1.807, 2.05) is 26.0 Å². The number of aryl methyl sites for hydroxylation is 2. The van der Waals surface area contributed by atoms with E-state index in [0.717, 1.165) is 11.4 Å². The van der Waals surface area contributed by atoms with Gasteiger partial charge < -0.3 is 5.32 Å². The maximum Gasteiger partial charge on any atom is 0.261 e. The van der Waals surface area contributed by atoms with Gasteiger partial charge in [-0.3, -0.25) is 9.52 Å². The van der Waals surface area contributed by atoms with Crippen molar-refractivity contribution in [3.05, 3.63) is 83.7 Å². The zero-order valence-electron chi connectivity index (χ0n) is 18.3. The third kappa shape index (κ3) is 5.07. The summed E-state index contributed by atoms with van der Waals surface area (Å²) in [6.07, 6.45) is 0. The monoisotopic (exact) mass is 462 g/mol. The van der Waals surface area contributed by atoms with Crippen LogP contribution in [-0.2, 0) is 10.0 Å². The molecule has 4 aromatic rings. The lowest BCUT2D eigenvalue weighted by Crippen LogP contribution is -2.13. The van der Waals surface area contributed by atoms with Gasteiger partial charge in [0.25, 0.3) is 10.0 Å². The molecule has 0 fully saturated rings. The van der Waals surface area contributed by atoms with Crippen molar-refractivity contribution in [2.24, 2.45) is 0 Å². The Hall–Kier alpha value is -4.05. The van der Waals surface area contributed by atoms with Crippen molar-refractivity contribution in [2.75, 3.05) is 10.0 Å². The topological polar surface area (TPSA) is 119 Å². The number of benzene rings is 2. The van der Waals surface area contributed by atoms with Gasteiger partial charge in [-0.15, -0.1) is 10.2 Å². The van der Waals surface area contributed by atoms with Crippen LogP contribution in [0.1, 0.15) is 28.7 Å². The molecule has 2 aromatic heterocycles. The summed E-state index contributed by atoms with van der Waals surface area (Å²) in [4.78, 5) is 11.6. The first-order valence-corrected chi connectivity index (χ1v) is 11.6. The van der Waals surface area contributed by atoms with Gasteiger partial charge in [-0.05, 0) is 75.4 Å². The summed E-state index contributed by atoms with van der Waals surface area (Å²) in [5.41, 5.74) is 3.30. The van der Waals surface area contributed by atoms with Crippen LogP contribution in [0.25, 0.3) is 5.82 Å². The molecule has 2 N–H and O–H groups in total. The van der Waals surface area contributed by atoms with E-state index >= 15 is 0 Å². The van der Waals surface area contributed by atoms with Crippen LogP contribution in [0.3, 0.4) is 0 Å². The normalized spacial score (nSPS) is 11.2. The highest BCUT2D eigenvalue weighted by molar-refractivity contribution is 7.92. The number of carbonyl (C=O) groups is 1. The van der Waals surface area contributed by atoms with Crippen molar-refractivity contribution in [2.45, 2.75) is 25.7 Å². The number of aromatic nitrogens is 4. The van der Waals surface area contributed by atoms with Crippen LogP contribution in [0.4, 0.5) is 17.2 Å². The van der Waals surface area contributed by atoms with Crippen molar-refractivity contribution in [1.82, 2.24) is 20.0 Å². The molecular weight excluding hydrogens is 440 g/mol. The number of rotatable bonds is 7. The molecule has 168 valence electrons. The summed E-state index contributed by atoms with van der Waals surface area (Å²) in [6.45, 7) is 5.26. The first-order valence-electron chi connectivity index (χ1n) is 10.1. The van der Waals surface area contributed by atoms with E-state index < -0.39 is 10.0 Å². The number of sulfonamides is 1. The lowest BCUT2D eigenvalue weighted by Gasteiger charge is -2.10. The molecule has 33 heavy (non-hydrogen) atoms. The number of carbonyl (C=O) groups excluding carboxylic acids is 1. The van der Waals surface area contributed by atoms with E-state index in [1.165, 1.54) is 19.1 Å². The molecule has 0 saturated heterocycles. The Kier molecular flexibility index (Phi) is 5.93. The standard InChI is InChI=1S/C23H22N6O3S/c1-15-13-16(2)29(27-15)23-12-11-22(25-26-23)24-19-7-9-20(10-8-19)28-33(31,32)21-6-4-5-18(14-21)17(3)30/h4-14,28H,1-3H3,(H,24,25). The van der Waals surface area contributed by atoms with Gasteiger partial charge >= 0.3 is 0 Å². The maximum atomic E-state index is 12.7. The van der Waals surface area contributed by atoms with Gasteiger partial charge in [0.1, 0.15) is 0 Å². The number of hydrogen-bond donors (Lipinski definition) is 2. The average Bonchev–Trinajstić information content (AvgIpc) is 3.13. The molecule has 2 heterocycles. The summed E-state index contributed by atoms with van der Waals surface area (Å²) in [5.74, 6) is 0.952. The van der Waals surface area contributed by atoms with Crippen molar-refractivity contribution in [1.29, 1.82) is 0 Å². The van der Waals surface area contributed by atoms with Gasteiger partial charge in [-0.1, -0.05) is 12.1 Å². The highest BCUT2D eigenvalue weighted by Crippen LogP contribution is 2.21. The van der Waals surface area contributed by atoms with Crippen LogP contribution in [0.2, 0.25) is 0 Å². The highest BCUT2D eigenvalue weighted by Gasteiger charge is 2.15. The fourth-order valence-corrected chi connectivity index (χ4v) is 4.34. The van der Waals surface area contributed by atoms with Crippen LogP contribution < -0.4 is 10.0 Å². The smallest absolute Gasteiger partial charge is 0.261 e. The SMILES string of the molecule is CC(=O)c1cccc(S(=O)(=O)Nc2ccc(Nc3ccc(-n4nc(C)cc4C)nn3)cc2)c1. The van der Waals surface area contributed by atoms with E-state index in [-0.39, 0.29) is 10.7 Å². The highest BCUT2D eigenvalue weighted by atomic mass is 32.2. The van der Waals surface area contributed by atoms with E-state index in [0.29, 0.717) is 28.6 Å². The molecule has 0 bridgehead atoms. The largest absolute Gasteiger partial charge is 0.339 e. The number of anilines is 3. The zero-order chi connectivity index (χ0) is 23.6. The van der Waals surface area contributed by atoms with Gasteiger partial charge in [0.2, 0.25) is 0 Å². The molecular formula is C23H22N6O3S. The first kappa shape index (κ1) is 22.2. The minimum Gasteiger partial charge on any atom is -0.339 e. The molecule has 0 radical (unpaired) electrons. The molecule has 0 saturated carbocycles. The fraction of sp³-hybridized carbons (Fsp3) is 0.130. The average molecular weight is 463 g/mol. The van der Waals surface area contributed by atoms with Crippen molar-refractivity contribution in [3.63, 3.8) is 0 Å². The molecule has 0 amide bonds. The second kappa shape index (κ2) is 8.83. The number of nitrogens with one attached hydrogen (secondary N) is 2. The summed E-state index contributed by atoms with van der Waals surface area (Å²) < 4.78 is 29.6. The van der Waals surface area contributed by atoms with Crippen molar-refractivity contribution >= 4 is 33.0 Å². The Balaban J connectivity index is 1.45. The van der Waals surface area contributed by atoms with Crippen LogP contribution in [0, 0.1) is 13.8 Å². The predicted molar refractivity (Wildman–Crippen MR) is 126 cm³/mol. The first-order chi connectivity index (χ1) is 15.7. The molecule has 0 aliphatic rings. The van der Waals surface area contributed by atoms with Gasteiger partial charge in [0, 0.05) is 22.6 Å². The second-order valence-electron chi connectivity index (χ2n) is 7.51. The minimum absolute atomic E-state index is 0.0235. The van der Waals surface area contributed by atoms with Crippen molar-refractivity contribution < 1.29 is 13.2 Å². The molecule has 0 atom stereocenters. The van der Waals surface area contributed by atoms with E-state index in [1.54, 1.807) is 47.1 Å². The molecule has 10 heteroatoms. The van der Waals surface area contributed by atoms with Crippen LogP contribution >= 0.6 is 0 Å². The summed E-state index contributed by atoms with van der Waals surface area (Å²) in [5, 5.41) is 15.9. The third-order valence-corrected chi connectivity index (χ3v) is 6.22. The predicted octanol–water partition coefficient (Wildman–Crippen LogP) is 4.03. The lowest BCUT2D eigenvalue weighted by atomic mass is 10.2. The second-order valence-corrected chi connectivity index (χ2v) is 9.19. The Morgan fingerprint density at radius 2 is 1.64 bits per heavy atom. The Morgan fingerprint density at radius 3 is 2.24 bits per heavy atom. The van der Waals surface area contributed by atoms with Gasteiger partial charge in [0.15, 0.2) is 17.4 Å². The van der Waals surface area contributed by atoms with Gasteiger partial charge in [0.05, 0.1) is 10.6 Å². The van der Waals surface area contributed by atoms with Gasteiger partial charge in [-0.25, -0.2) is 13.1 Å². The molecule has 0 spiro atoms. The van der Waals surface area contributed by atoms with Crippen LogP contribution in [0.15, 0.2) is 71.6 Å². The van der Waals surface area contributed by atoms with Crippen LogP contribution in [-0.4, -0.2) is 34.2 Å². The summed E-state index contributed by atoms with van der Waals surface area (Å²) in [6, 6.07) is 18.2. The molecule has 0 unspecified atom stereocenters. The lowest BCUT2D eigenvalue weighted by molar-refractivity contribution is 0.101. The number of ketones is 1.